The van der Waals surface area contributed by atoms with E-state index in [1.807, 2.05) is 24.4 Å². The van der Waals surface area contributed by atoms with Crippen molar-refractivity contribution in [1.82, 2.24) is 20.1 Å². The molecule has 0 aliphatic carbocycles. The number of aromatic nitrogens is 3. The fraction of sp³-hybridized carbons (Fsp3) is 0.143. The molecule has 0 unspecified atom stereocenters. The van der Waals surface area contributed by atoms with Crippen LogP contribution >= 0.6 is 22.7 Å². The molecule has 0 fully saturated rings. The molecule has 4 rings (SSSR count). The molecule has 7 nitrogen and oxygen atoms in total. The number of anilines is 1. The monoisotopic (exact) mass is 473 g/mol. The molecule has 0 radical (unpaired) electrons. The van der Waals surface area contributed by atoms with E-state index < -0.39 is 17.7 Å². The zero-order chi connectivity index (χ0) is 22.7. The number of thiazole rings is 1. The highest BCUT2D eigenvalue weighted by molar-refractivity contribution is 7.23. The van der Waals surface area contributed by atoms with Gasteiger partial charge in [0.15, 0.2) is 11.6 Å². The van der Waals surface area contributed by atoms with Crippen LogP contribution in [0.2, 0.25) is 0 Å². The van der Waals surface area contributed by atoms with Crippen LogP contribution in [0.25, 0.3) is 20.5 Å². The molecular weight excluding hydrogens is 456 g/mol. The maximum atomic E-state index is 13.2. The smallest absolute Gasteiger partial charge is 0.319 e. The number of amides is 2. The van der Waals surface area contributed by atoms with Gasteiger partial charge in [-0.2, -0.15) is 5.10 Å². The number of urea groups is 1. The number of aryl methyl sites for hydroxylation is 1. The lowest BCUT2D eigenvalue weighted by Gasteiger charge is -2.09. The van der Waals surface area contributed by atoms with Crippen LogP contribution in [0.1, 0.15) is 5.69 Å². The maximum absolute atomic E-state index is 13.2. The van der Waals surface area contributed by atoms with Gasteiger partial charge in [0, 0.05) is 24.4 Å². The molecule has 0 bridgehead atoms. The summed E-state index contributed by atoms with van der Waals surface area (Å²) in [6.07, 6.45) is 0. The van der Waals surface area contributed by atoms with Gasteiger partial charge in [0.2, 0.25) is 0 Å². The lowest BCUT2D eigenvalue weighted by atomic mass is 10.3. The molecule has 11 heteroatoms. The Labute approximate surface area is 189 Å². The van der Waals surface area contributed by atoms with Gasteiger partial charge in [0.05, 0.1) is 22.0 Å². The fourth-order valence-corrected chi connectivity index (χ4v) is 4.72. The second kappa shape index (κ2) is 9.37. The third-order valence-corrected chi connectivity index (χ3v) is 6.63. The first-order valence-electron chi connectivity index (χ1n) is 9.50. The first-order chi connectivity index (χ1) is 15.4. The number of carbonyl (C=O) groups excluding carboxylic acids is 1. The molecular formula is C21H17F2N5O2S2. The van der Waals surface area contributed by atoms with E-state index in [0.717, 1.165) is 32.6 Å². The lowest BCUT2D eigenvalue weighted by molar-refractivity contribution is 0.251. The predicted octanol–water partition coefficient (Wildman–Crippen LogP) is 4.50. The Balaban J connectivity index is 1.42. The highest BCUT2D eigenvalue weighted by Crippen LogP contribution is 2.35. The quantitative estimate of drug-likeness (QED) is 0.432. The summed E-state index contributed by atoms with van der Waals surface area (Å²) in [6, 6.07) is 9.48. The van der Waals surface area contributed by atoms with Crippen molar-refractivity contribution in [1.29, 1.82) is 0 Å². The van der Waals surface area contributed by atoms with Gasteiger partial charge in [-0.1, -0.05) is 6.07 Å². The van der Waals surface area contributed by atoms with E-state index in [-0.39, 0.29) is 24.3 Å². The van der Waals surface area contributed by atoms with Crippen molar-refractivity contribution >= 4 is 34.4 Å². The van der Waals surface area contributed by atoms with E-state index >= 15 is 0 Å². The summed E-state index contributed by atoms with van der Waals surface area (Å²) in [4.78, 5) is 30.7. The zero-order valence-corrected chi connectivity index (χ0v) is 18.4. The number of rotatable bonds is 6. The minimum Gasteiger partial charge on any atom is -0.336 e. The summed E-state index contributed by atoms with van der Waals surface area (Å²) in [5.41, 5.74) is 1.24. The van der Waals surface area contributed by atoms with Crippen LogP contribution in [-0.4, -0.2) is 27.3 Å². The standard InChI is InChI=1S/C21H17F2N5O2S2/c1-12-19(32-20(25-12)17-3-2-10-31-17)16-6-7-18(29)28(27-16)9-8-24-21(30)26-13-4-5-14(22)15(23)11-13/h2-7,10-11H,8-9H2,1H3,(H2,24,26,30). The van der Waals surface area contributed by atoms with E-state index in [1.165, 1.54) is 28.2 Å². The molecule has 3 aromatic heterocycles. The lowest BCUT2D eigenvalue weighted by Crippen LogP contribution is -2.34. The van der Waals surface area contributed by atoms with Crippen molar-refractivity contribution in [2.75, 3.05) is 11.9 Å². The maximum Gasteiger partial charge on any atom is 0.319 e. The highest BCUT2D eigenvalue weighted by Gasteiger charge is 2.14. The first-order valence-corrected chi connectivity index (χ1v) is 11.2. The molecule has 0 saturated carbocycles. The predicted molar refractivity (Wildman–Crippen MR) is 121 cm³/mol. The van der Waals surface area contributed by atoms with Gasteiger partial charge in [0.25, 0.3) is 5.56 Å². The molecule has 0 spiro atoms. The number of thiophene rings is 1. The van der Waals surface area contributed by atoms with Crippen molar-refractivity contribution in [2.24, 2.45) is 0 Å². The van der Waals surface area contributed by atoms with Crippen LogP contribution in [0.5, 0.6) is 0 Å². The van der Waals surface area contributed by atoms with Crippen LogP contribution < -0.4 is 16.2 Å². The van der Waals surface area contributed by atoms with Crippen molar-refractivity contribution in [3.8, 4) is 20.5 Å². The summed E-state index contributed by atoms with van der Waals surface area (Å²) in [5, 5.41) is 12.3. The van der Waals surface area contributed by atoms with Crippen LogP contribution in [0.15, 0.2) is 52.6 Å². The average Bonchev–Trinajstić information content (AvgIpc) is 3.42. The Hall–Kier alpha value is -3.44. The minimum absolute atomic E-state index is 0.105. The molecule has 2 amide bonds. The largest absolute Gasteiger partial charge is 0.336 e. The molecule has 0 atom stereocenters. The van der Waals surface area contributed by atoms with Crippen molar-refractivity contribution in [3.63, 3.8) is 0 Å². The van der Waals surface area contributed by atoms with E-state index in [9.17, 15) is 18.4 Å². The molecule has 1 aromatic carbocycles. The van der Waals surface area contributed by atoms with Crippen LogP contribution in [0.3, 0.4) is 0 Å². The van der Waals surface area contributed by atoms with E-state index in [2.05, 4.69) is 20.7 Å². The highest BCUT2D eigenvalue weighted by atomic mass is 32.1. The second-order valence-electron chi connectivity index (χ2n) is 6.70. The van der Waals surface area contributed by atoms with E-state index in [0.29, 0.717) is 5.69 Å². The Kier molecular flexibility index (Phi) is 6.37. The van der Waals surface area contributed by atoms with Crippen molar-refractivity contribution in [3.05, 3.63) is 75.5 Å². The van der Waals surface area contributed by atoms with Crippen LogP contribution in [0.4, 0.5) is 19.3 Å². The number of nitrogens with one attached hydrogen (secondary N) is 2. The van der Waals surface area contributed by atoms with Crippen molar-refractivity contribution < 1.29 is 13.6 Å². The molecule has 4 aromatic rings. The molecule has 0 saturated heterocycles. The summed E-state index contributed by atoms with van der Waals surface area (Å²) in [6.45, 7) is 2.13. The Morgan fingerprint density at radius 1 is 1.16 bits per heavy atom. The molecule has 2 N–H and O–H groups in total. The molecule has 0 aliphatic rings. The number of benzene rings is 1. The zero-order valence-electron chi connectivity index (χ0n) is 16.8. The van der Waals surface area contributed by atoms with Gasteiger partial charge >= 0.3 is 6.03 Å². The molecule has 0 aliphatic heterocycles. The SMILES string of the molecule is Cc1nc(-c2cccs2)sc1-c1ccc(=O)n(CCNC(=O)Nc2ccc(F)c(F)c2)n1. The van der Waals surface area contributed by atoms with Gasteiger partial charge in [0.1, 0.15) is 10.7 Å². The number of hydrogen-bond acceptors (Lipinski definition) is 6. The third kappa shape index (κ3) is 4.89. The number of carbonyl (C=O) groups is 1. The van der Waals surface area contributed by atoms with E-state index in [4.69, 9.17) is 0 Å². The number of halogens is 2. The summed E-state index contributed by atoms with van der Waals surface area (Å²) in [5.74, 6) is -2.06. The van der Waals surface area contributed by atoms with E-state index in [1.54, 1.807) is 17.4 Å². The topological polar surface area (TPSA) is 88.9 Å². The molecule has 3 heterocycles. The summed E-state index contributed by atoms with van der Waals surface area (Å²) >= 11 is 3.10. The van der Waals surface area contributed by atoms with Gasteiger partial charge < -0.3 is 10.6 Å². The summed E-state index contributed by atoms with van der Waals surface area (Å²) < 4.78 is 27.5. The number of nitrogens with zero attached hydrogens (tertiary/aromatic N) is 3. The summed E-state index contributed by atoms with van der Waals surface area (Å²) in [7, 11) is 0. The van der Waals surface area contributed by atoms with Crippen molar-refractivity contribution in [2.45, 2.75) is 13.5 Å². The Morgan fingerprint density at radius 2 is 2.00 bits per heavy atom. The second-order valence-corrected chi connectivity index (χ2v) is 8.65. The van der Waals surface area contributed by atoms with Gasteiger partial charge in [-0.05, 0) is 36.6 Å². The number of hydrogen-bond donors (Lipinski definition) is 2. The van der Waals surface area contributed by atoms with Crippen LogP contribution in [0, 0.1) is 18.6 Å². The van der Waals surface area contributed by atoms with Gasteiger partial charge in [-0.3, -0.25) is 4.79 Å². The van der Waals surface area contributed by atoms with Gasteiger partial charge in [-0.25, -0.2) is 23.2 Å². The average molecular weight is 474 g/mol. The van der Waals surface area contributed by atoms with Crippen LogP contribution in [-0.2, 0) is 6.54 Å². The minimum atomic E-state index is -1.06. The normalized spacial score (nSPS) is 10.8. The third-order valence-electron chi connectivity index (χ3n) is 4.41. The Bertz CT molecular complexity index is 1320. The molecule has 32 heavy (non-hydrogen) atoms. The molecule has 164 valence electrons. The first kappa shape index (κ1) is 21.8. The Morgan fingerprint density at radius 3 is 2.75 bits per heavy atom. The van der Waals surface area contributed by atoms with Gasteiger partial charge in [-0.15, -0.1) is 22.7 Å². The fourth-order valence-electron chi connectivity index (χ4n) is 2.89.